The van der Waals surface area contributed by atoms with Gasteiger partial charge in [0.05, 0.1) is 32.3 Å². The summed E-state index contributed by atoms with van der Waals surface area (Å²) in [5, 5.41) is 15.8. The smallest absolute Gasteiger partial charge is 0.407 e. The lowest BCUT2D eigenvalue weighted by Gasteiger charge is -2.37. The fourth-order valence-electron chi connectivity index (χ4n) is 5.00. The second-order valence-corrected chi connectivity index (χ2v) is 10.5. The van der Waals surface area contributed by atoms with Gasteiger partial charge in [-0.25, -0.2) is 4.79 Å². The minimum atomic E-state index is -0.911. The number of likely N-dealkylation sites (tertiary alicyclic amines) is 1. The van der Waals surface area contributed by atoms with Crippen LogP contribution in [0.5, 0.6) is 0 Å². The average molecular weight is 530 g/mol. The number of hydrogen-bond acceptors (Lipinski definition) is 5. The van der Waals surface area contributed by atoms with Crippen LogP contribution < -0.4 is 0 Å². The van der Waals surface area contributed by atoms with Gasteiger partial charge >= 0.3 is 12.1 Å². The first-order valence-corrected chi connectivity index (χ1v) is 13.8. The zero-order valence-corrected chi connectivity index (χ0v) is 21.9. The number of carbonyl (C=O) groups excluding carboxylic acids is 1. The second kappa shape index (κ2) is 12.2. The van der Waals surface area contributed by atoms with Crippen LogP contribution in [0.15, 0.2) is 83.6 Å². The number of rotatable bonds is 9. The Morgan fingerprint density at radius 1 is 0.947 bits per heavy atom. The Hall–Kier alpha value is -3.68. The molecule has 1 aliphatic heterocycles. The zero-order valence-electron chi connectivity index (χ0n) is 21.1. The lowest BCUT2D eigenvalue weighted by molar-refractivity contribution is -0.142. The van der Waals surface area contributed by atoms with Crippen molar-refractivity contribution in [3.63, 3.8) is 0 Å². The molecular weight excluding hydrogens is 498 g/mol. The number of thiophene rings is 1. The first-order valence-electron chi connectivity index (χ1n) is 12.9. The molecule has 0 spiro atoms. The van der Waals surface area contributed by atoms with E-state index < -0.39 is 6.09 Å². The van der Waals surface area contributed by atoms with Crippen molar-refractivity contribution in [2.24, 2.45) is 0 Å². The predicted molar refractivity (Wildman–Crippen MR) is 149 cm³/mol. The number of ether oxygens (including phenoxy) is 2. The van der Waals surface area contributed by atoms with E-state index in [0.717, 1.165) is 27.6 Å². The number of carboxylic acid groups (broad SMARTS) is 1. The molecule has 1 aliphatic rings. The van der Waals surface area contributed by atoms with E-state index in [1.165, 1.54) is 10.3 Å². The fraction of sp³-hybridized carbons (Fsp3) is 0.290. The molecule has 2 atom stereocenters. The Morgan fingerprint density at radius 2 is 1.74 bits per heavy atom. The van der Waals surface area contributed by atoms with Gasteiger partial charge in [0, 0.05) is 18.9 Å². The maximum Gasteiger partial charge on any atom is 0.407 e. The summed E-state index contributed by atoms with van der Waals surface area (Å²) in [4.78, 5) is 25.1. The van der Waals surface area contributed by atoms with E-state index in [0.29, 0.717) is 45.6 Å². The third-order valence-electron chi connectivity index (χ3n) is 7.10. The van der Waals surface area contributed by atoms with Gasteiger partial charge in [-0.2, -0.15) is 11.3 Å². The van der Waals surface area contributed by atoms with Gasteiger partial charge in [0.1, 0.15) is 0 Å². The average Bonchev–Trinajstić information content (AvgIpc) is 3.45. The number of hydrogen-bond donors (Lipinski definition) is 1. The van der Waals surface area contributed by atoms with Crippen molar-refractivity contribution in [1.82, 2.24) is 4.90 Å². The maximum atomic E-state index is 12.0. The molecule has 0 saturated carbocycles. The molecule has 1 fully saturated rings. The summed E-state index contributed by atoms with van der Waals surface area (Å²) >= 11 is 1.57. The summed E-state index contributed by atoms with van der Waals surface area (Å²) in [6.45, 7) is 1.60. The third-order valence-corrected chi connectivity index (χ3v) is 7.83. The van der Waals surface area contributed by atoms with Crippen LogP contribution in [0.1, 0.15) is 34.6 Å². The summed E-state index contributed by atoms with van der Waals surface area (Å²) in [6, 6.07) is 24.7. The molecule has 1 saturated heterocycles. The van der Waals surface area contributed by atoms with Crippen LogP contribution in [-0.4, -0.2) is 47.9 Å². The standard InChI is InChI=1S/C31H31NO5S/c33-30(18-24-13-16-38-21-24)36-15-12-22-5-9-26(10-6-22)28-11-14-32(31(34)35)19-29(28)37-20-23-7-8-25-3-1-2-4-27(25)17-23/h1-10,13,16-17,21,28-29H,11-12,14-15,18-20H2,(H,34,35). The van der Waals surface area contributed by atoms with E-state index in [4.69, 9.17) is 9.47 Å². The molecule has 196 valence electrons. The quantitative estimate of drug-likeness (QED) is 0.258. The van der Waals surface area contributed by atoms with Crippen molar-refractivity contribution in [2.75, 3.05) is 19.7 Å². The number of fused-ring (bicyclic) bond motifs is 1. The van der Waals surface area contributed by atoms with Crippen LogP contribution in [0.2, 0.25) is 0 Å². The van der Waals surface area contributed by atoms with Crippen LogP contribution in [0, 0.1) is 0 Å². The molecule has 38 heavy (non-hydrogen) atoms. The van der Waals surface area contributed by atoms with Gasteiger partial charge < -0.3 is 19.5 Å². The Morgan fingerprint density at radius 3 is 2.50 bits per heavy atom. The molecular formula is C31H31NO5S. The highest BCUT2D eigenvalue weighted by molar-refractivity contribution is 7.08. The molecule has 0 radical (unpaired) electrons. The molecule has 3 aromatic carbocycles. The molecule has 5 rings (SSSR count). The van der Waals surface area contributed by atoms with Gasteiger partial charge in [-0.05, 0) is 62.3 Å². The van der Waals surface area contributed by atoms with Gasteiger partial charge in [-0.15, -0.1) is 0 Å². The van der Waals surface area contributed by atoms with Crippen LogP contribution in [0.3, 0.4) is 0 Å². The SMILES string of the molecule is O=C(Cc1ccsc1)OCCc1ccc(C2CCN(C(=O)O)CC2OCc2ccc3ccccc3c2)cc1. The molecule has 4 aromatic rings. The summed E-state index contributed by atoms with van der Waals surface area (Å²) in [6.07, 6.45) is 0.503. The summed E-state index contributed by atoms with van der Waals surface area (Å²) in [5.74, 6) is -0.111. The highest BCUT2D eigenvalue weighted by Gasteiger charge is 2.33. The second-order valence-electron chi connectivity index (χ2n) is 9.68. The van der Waals surface area contributed by atoms with Crippen molar-refractivity contribution in [3.8, 4) is 0 Å². The number of piperidine rings is 1. The van der Waals surface area contributed by atoms with Crippen molar-refractivity contribution < 1.29 is 24.2 Å². The highest BCUT2D eigenvalue weighted by atomic mass is 32.1. The van der Waals surface area contributed by atoms with Crippen LogP contribution >= 0.6 is 11.3 Å². The molecule has 6 nitrogen and oxygen atoms in total. The zero-order chi connectivity index (χ0) is 26.3. The van der Waals surface area contributed by atoms with Crippen molar-refractivity contribution in [2.45, 2.75) is 37.9 Å². The van der Waals surface area contributed by atoms with Gasteiger partial charge in [-0.1, -0.05) is 60.7 Å². The third kappa shape index (κ3) is 6.60. The van der Waals surface area contributed by atoms with E-state index >= 15 is 0 Å². The van der Waals surface area contributed by atoms with Crippen LogP contribution in [0.4, 0.5) is 4.79 Å². The first kappa shape index (κ1) is 25.9. The fourth-order valence-corrected chi connectivity index (χ4v) is 5.67. The first-order chi connectivity index (χ1) is 18.5. The Labute approximate surface area is 226 Å². The monoisotopic (exact) mass is 529 g/mol. The number of esters is 1. The van der Waals surface area contributed by atoms with E-state index in [-0.39, 0.29) is 18.0 Å². The van der Waals surface area contributed by atoms with Gasteiger partial charge in [0.15, 0.2) is 0 Å². The lowest BCUT2D eigenvalue weighted by Crippen LogP contribution is -2.46. The molecule has 2 heterocycles. The molecule has 2 unspecified atom stereocenters. The van der Waals surface area contributed by atoms with Gasteiger partial charge in [0.25, 0.3) is 0 Å². The molecule has 1 N–H and O–H groups in total. The maximum absolute atomic E-state index is 12.0. The normalized spacial score (nSPS) is 17.4. The lowest BCUT2D eigenvalue weighted by atomic mass is 9.86. The summed E-state index contributed by atoms with van der Waals surface area (Å²) in [5.41, 5.74) is 4.28. The molecule has 0 bridgehead atoms. The predicted octanol–water partition coefficient (Wildman–Crippen LogP) is 6.28. The number of benzene rings is 3. The number of amides is 1. The van der Waals surface area contributed by atoms with Gasteiger partial charge in [0.2, 0.25) is 0 Å². The Bertz CT molecular complexity index is 1370. The highest BCUT2D eigenvalue weighted by Crippen LogP contribution is 2.32. The topological polar surface area (TPSA) is 76.1 Å². The van der Waals surface area contributed by atoms with Crippen molar-refractivity contribution >= 4 is 34.2 Å². The van der Waals surface area contributed by atoms with Crippen molar-refractivity contribution in [3.05, 3.63) is 106 Å². The summed E-state index contributed by atoms with van der Waals surface area (Å²) < 4.78 is 11.8. The largest absolute Gasteiger partial charge is 0.465 e. The van der Waals surface area contributed by atoms with Crippen molar-refractivity contribution in [1.29, 1.82) is 0 Å². The van der Waals surface area contributed by atoms with E-state index in [1.54, 1.807) is 11.3 Å². The Kier molecular flexibility index (Phi) is 8.36. The number of nitrogens with zero attached hydrogens (tertiary/aromatic N) is 1. The minimum Gasteiger partial charge on any atom is -0.465 e. The van der Waals surface area contributed by atoms with E-state index in [1.807, 2.05) is 29.0 Å². The number of carbonyl (C=O) groups is 2. The summed E-state index contributed by atoms with van der Waals surface area (Å²) in [7, 11) is 0. The van der Waals surface area contributed by atoms with E-state index in [9.17, 15) is 14.7 Å². The minimum absolute atomic E-state index is 0.101. The molecule has 1 amide bonds. The van der Waals surface area contributed by atoms with Crippen LogP contribution in [0.25, 0.3) is 10.8 Å². The van der Waals surface area contributed by atoms with E-state index in [2.05, 4.69) is 54.6 Å². The molecule has 0 aliphatic carbocycles. The molecule has 7 heteroatoms. The van der Waals surface area contributed by atoms with Crippen LogP contribution in [-0.2, 0) is 33.7 Å². The molecule has 1 aromatic heterocycles. The van der Waals surface area contributed by atoms with Gasteiger partial charge in [-0.3, -0.25) is 4.79 Å². The Balaban J connectivity index is 1.20.